The van der Waals surface area contributed by atoms with Gasteiger partial charge in [0.1, 0.15) is 4.90 Å². The molecule has 2 aromatic carbocycles. The normalized spacial score (nSPS) is 24.5. The van der Waals surface area contributed by atoms with Crippen molar-refractivity contribution >= 4 is 21.6 Å². The zero-order chi connectivity index (χ0) is 27.0. The minimum absolute atomic E-state index is 0.0150. The Hall–Kier alpha value is -2.42. The number of rotatable bonds is 10. The van der Waals surface area contributed by atoms with Crippen LogP contribution in [0.2, 0.25) is 0 Å². The monoisotopic (exact) mass is 526 g/mol. The molecular formula is C29H42N4O3S. The lowest BCUT2D eigenvalue weighted by atomic mass is 9.68. The summed E-state index contributed by atoms with van der Waals surface area (Å²) in [6.07, 6.45) is 3.45. The van der Waals surface area contributed by atoms with Gasteiger partial charge in [0.2, 0.25) is 10.0 Å². The molecule has 0 aromatic heterocycles. The van der Waals surface area contributed by atoms with Gasteiger partial charge in [-0.25, -0.2) is 8.42 Å². The van der Waals surface area contributed by atoms with Crippen LogP contribution < -0.4 is 10.6 Å². The van der Waals surface area contributed by atoms with E-state index in [2.05, 4.69) is 31.4 Å². The highest BCUT2D eigenvalue weighted by Gasteiger charge is 2.59. The number of carbonyl (C=O) groups excluding carboxylic acids is 1. The number of likely N-dealkylation sites (N-methyl/N-ethyl adjacent to an activating group) is 1. The van der Waals surface area contributed by atoms with Crippen molar-refractivity contribution in [1.29, 1.82) is 0 Å². The van der Waals surface area contributed by atoms with Crippen LogP contribution in [-0.2, 0) is 16.6 Å². The van der Waals surface area contributed by atoms with Crippen LogP contribution in [-0.4, -0.2) is 63.8 Å². The summed E-state index contributed by atoms with van der Waals surface area (Å²) in [4.78, 5) is 15.7. The SMILES string of the molecule is CN(C)CCNc1ccc(C(=O)NC2C(C)(C)[C@@H]3CC[C@]2(C)C3)cc1S(=O)(=O)N(C)Cc1ccccc1. The van der Waals surface area contributed by atoms with Gasteiger partial charge in [0.15, 0.2) is 0 Å². The van der Waals surface area contributed by atoms with Gasteiger partial charge < -0.3 is 15.5 Å². The molecule has 2 aliphatic rings. The maximum absolute atomic E-state index is 13.8. The van der Waals surface area contributed by atoms with Crippen molar-refractivity contribution in [3.05, 3.63) is 59.7 Å². The van der Waals surface area contributed by atoms with Gasteiger partial charge in [-0.2, -0.15) is 4.31 Å². The molecule has 1 amide bonds. The van der Waals surface area contributed by atoms with E-state index < -0.39 is 10.0 Å². The third-order valence-electron chi connectivity index (χ3n) is 8.60. The summed E-state index contributed by atoms with van der Waals surface area (Å²) in [6.45, 7) is 8.35. The largest absolute Gasteiger partial charge is 0.383 e. The van der Waals surface area contributed by atoms with Crippen LogP contribution in [0.5, 0.6) is 0 Å². The molecule has 0 spiro atoms. The molecule has 2 aromatic rings. The Morgan fingerprint density at radius 1 is 1.05 bits per heavy atom. The number of carbonyl (C=O) groups is 1. The van der Waals surface area contributed by atoms with Crippen molar-refractivity contribution in [2.45, 2.75) is 57.5 Å². The molecule has 2 saturated carbocycles. The van der Waals surface area contributed by atoms with Gasteiger partial charge in [-0.1, -0.05) is 51.1 Å². The number of benzene rings is 2. The van der Waals surface area contributed by atoms with Crippen molar-refractivity contribution in [3.8, 4) is 0 Å². The summed E-state index contributed by atoms with van der Waals surface area (Å²) in [5.74, 6) is 0.391. The quantitative estimate of drug-likeness (QED) is 0.479. The van der Waals surface area contributed by atoms with Crippen LogP contribution in [0.1, 0.15) is 56.0 Å². The van der Waals surface area contributed by atoms with Gasteiger partial charge in [0.25, 0.3) is 5.91 Å². The Kier molecular flexibility index (Phi) is 7.75. The first-order chi connectivity index (χ1) is 17.3. The number of hydrogen-bond donors (Lipinski definition) is 2. The summed E-state index contributed by atoms with van der Waals surface area (Å²) >= 11 is 0. The van der Waals surface area contributed by atoms with Crippen molar-refractivity contribution in [2.24, 2.45) is 16.7 Å². The first-order valence-corrected chi connectivity index (χ1v) is 14.6. The second kappa shape index (κ2) is 10.4. The van der Waals surface area contributed by atoms with Crippen LogP contribution in [0, 0.1) is 16.7 Å². The maximum Gasteiger partial charge on any atom is 0.251 e. The molecule has 2 N–H and O–H groups in total. The fourth-order valence-corrected chi connectivity index (χ4v) is 7.76. The molecule has 0 radical (unpaired) electrons. The molecule has 3 atom stereocenters. The summed E-state index contributed by atoms with van der Waals surface area (Å²) in [5, 5.41) is 6.58. The van der Waals surface area contributed by atoms with E-state index in [1.54, 1.807) is 19.2 Å². The lowest BCUT2D eigenvalue weighted by Crippen LogP contribution is -2.52. The van der Waals surface area contributed by atoms with E-state index >= 15 is 0 Å². The third-order valence-corrected chi connectivity index (χ3v) is 10.4. The fourth-order valence-electron chi connectivity index (χ4n) is 6.41. The van der Waals surface area contributed by atoms with E-state index in [9.17, 15) is 13.2 Å². The number of fused-ring (bicyclic) bond motifs is 2. The molecule has 4 rings (SSSR count). The van der Waals surface area contributed by atoms with E-state index in [0.29, 0.717) is 23.7 Å². The minimum Gasteiger partial charge on any atom is -0.383 e. The molecule has 1 unspecified atom stereocenters. The summed E-state index contributed by atoms with van der Waals surface area (Å²) in [5.41, 5.74) is 1.87. The molecule has 8 heteroatoms. The highest BCUT2D eigenvalue weighted by atomic mass is 32.2. The maximum atomic E-state index is 13.8. The molecule has 0 aliphatic heterocycles. The van der Waals surface area contributed by atoms with Crippen LogP contribution in [0.25, 0.3) is 0 Å². The standard InChI is InChI=1S/C29H42N4O3S/c1-28(2)23-14-15-29(3,19-23)27(28)31-26(34)22-12-13-24(30-16-17-32(4)5)25(18-22)37(35,36)33(6)20-21-10-8-7-9-11-21/h7-13,18,23,27,30H,14-17,19-20H2,1-6H3,(H,31,34)/t23-,27?,29-/m1/s1. The number of hydrogen-bond acceptors (Lipinski definition) is 5. The molecule has 202 valence electrons. The van der Waals surface area contributed by atoms with E-state index in [4.69, 9.17) is 0 Å². The molecular weight excluding hydrogens is 484 g/mol. The van der Waals surface area contributed by atoms with Gasteiger partial charge in [-0.05, 0) is 73.9 Å². The summed E-state index contributed by atoms with van der Waals surface area (Å²) < 4.78 is 28.9. The van der Waals surface area contributed by atoms with Crippen molar-refractivity contribution in [3.63, 3.8) is 0 Å². The number of nitrogens with zero attached hydrogens (tertiary/aromatic N) is 2. The average molecular weight is 527 g/mol. The van der Waals surface area contributed by atoms with Crippen molar-refractivity contribution in [1.82, 2.24) is 14.5 Å². The fraction of sp³-hybridized carbons (Fsp3) is 0.552. The van der Waals surface area contributed by atoms with Gasteiger partial charge in [0.05, 0.1) is 5.69 Å². The molecule has 2 fully saturated rings. The van der Waals surface area contributed by atoms with Crippen molar-refractivity contribution in [2.75, 3.05) is 39.5 Å². The molecule has 2 bridgehead atoms. The Bertz CT molecular complexity index is 1220. The smallest absolute Gasteiger partial charge is 0.251 e. The molecule has 0 heterocycles. The van der Waals surface area contributed by atoms with Crippen molar-refractivity contribution < 1.29 is 13.2 Å². The lowest BCUT2D eigenvalue weighted by Gasteiger charge is -2.43. The number of sulfonamides is 1. The Labute approximate surface area is 222 Å². The first kappa shape index (κ1) is 27.6. The second-order valence-electron chi connectivity index (χ2n) is 12.0. The predicted octanol–water partition coefficient (Wildman–Crippen LogP) is 4.43. The average Bonchev–Trinajstić information content (AvgIpc) is 3.33. The van der Waals surface area contributed by atoms with E-state index in [-0.39, 0.29) is 34.2 Å². The van der Waals surface area contributed by atoms with Gasteiger partial charge in [-0.15, -0.1) is 0 Å². The highest BCUT2D eigenvalue weighted by molar-refractivity contribution is 7.89. The lowest BCUT2D eigenvalue weighted by molar-refractivity contribution is 0.0737. The zero-order valence-electron chi connectivity index (χ0n) is 23.0. The van der Waals surface area contributed by atoms with Gasteiger partial charge in [0, 0.05) is 38.3 Å². The Morgan fingerprint density at radius 3 is 2.38 bits per heavy atom. The second-order valence-corrected chi connectivity index (χ2v) is 14.0. The molecule has 7 nitrogen and oxygen atoms in total. The van der Waals surface area contributed by atoms with E-state index in [1.165, 1.54) is 16.8 Å². The van der Waals surface area contributed by atoms with Crippen LogP contribution in [0.3, 0.4) is 0 Å². The number of nitrogens with one attached hydrogen (secondary N) is 2. The molecule has 2 aliphatic carbocycles. The summed E-state index contributed by atoms with van der Waals surface area (Å²) in [6, 6.07) is 14.6. The number of amides is 1. The van der Waals surface area contributed by atoms with Gasteiger partial charge >= 0.3 is 0 Å². The number of anilines is 1. The Balaban J connectivity index is 1.62. The van der Waals surface area contributed by atoms with Crippen LogP contribution >= 0.6 is 0 Å². The minimum atomic E-state index is -3.87. The molecule has 0 saturated heterocycles. The first-order valence-electron chi connectivity index (χ1n) is 13.2. The highest BCUT2D eigenvalue weighted by Crippen LogP contribution is 2.62. The summed E-state index contributed by atoms with van der Waals surface area (Å²) in [7, 11) is 1.65. The Morgan fingerprint density at radius 2 is 1.76 bits per heavy atom. The predicted molar refractivity (Wildman–Crippen MR) is 149 cm³/mol. The zero-order valence-corrected chi connectivity index (χ0v) is 23.9. The van der Waals surface area contributed by atoms with E-state index in [0.717, 1.165) is 24.9 Å². The third kappa shape index (κ3) is 5.56. The van der Waals surface area contributed by atoms with E-state index in [1.807, 2.05) is 49.3 Å². The topological polar surface area (TPSA) is 81.8 Å². The van der Waals surface area contributed by atoms with Crippen LogP contribution in [0.15, 0.2) is 53.4 Å². The van der Waals surface area contributed by atoms with Gasteiger partial charge in [-0.3, -0.25) is 4.79 Å². The molecule has 37 heavy (non-hydrogen) atoms. The van der Waals surface area contributed by atoms with Crippen LogP contribution in [0.4, 0.5) is 5.69 Å².